The van der Waals surface area contributed by atoms with Gasteiger partial charge >= 0.3 is 0 Å². The molecule has 1 unspecified atom stereocenters. The summed E-state index contributed by atoms with van der Waals surface area (Å²) < 4.78 is 5.27. The molecule has 2 aromatic heterocycles. The largest absolute Gasteiger partial charge is 0.339 e. The van der Waals surface area contributed by atoms with Crippen molar-refractivity contribution in [2.24, 2.45) is 5.41 Å². The van der Waals surface area contributed by atoms with Crippen molar-refractivity contribution >= 4 is 11.3 Å². The van der Waals surface area contributed by atoms with Gasteiger partial charge in [0.1, 0.15) is 0 Å². The first-order valence-electron chi connectivity index (χ1n) is 5.90. The second-order valence-electron chi connectivity index (χ2n) is 4.66. The fraction of sp³-hybridized carbons (Fsp3) is 0.462. The van der Waals surface area contributed by atoms with E-state index in [1.54, 1.807) is 11.3 Å². The number of hydrogen-bond donors (Lipinski definition) is 0. The predicted molar refractivity (Wildman–Crippen MR) is 69.9 cm³/mol. The van der Waals surface area contributed by atoms with Crippen LogP contribution in [0.4, 0.5) is 0 Å². The van der Waals surface area contributed by atoms with Gasteiger partial charge in [-0.1, -0.05) is 25.1 Å². The average molecular weight is 261 g/mol. The normalized spacial score (nSPS) is 14.1. The molecule has 0 aromatic carbocycles. The highest BCUT2D eigenvalue weighted by Crippen LogP contribution is 2.30. The zero-order valence-electron chi connectivity index (χ0n) is 10.5. The Kier molecular flexibility index (Phi) is 3.78. The van der Waals surface area contributed by atoms with Crippen molar-refractivity contribution in [1.82, 2.24) is 10.1 Å². The molecule has 0 amide bonds. The van der Waals surface area contributed by atoms with Crippen LogP contribution in [-0.4, -0.2) is 10.1 Å². The summed E-state index contributed by atoms with van der Waals surface area (Å²) in [6, 6.07) is 6.15. The van der Waals surface area contributed by atoms with Gasteiger partial charge in [-0.25, -0.2) is 0 Å². The van der Waals surface area contributed by atoms with E-state index in [0.717, 1.165) is 11.3 Å². The summed E-state index contributed by atoms with van der Waals surface area (Å²) >= 11 is 1.59. The van der Waals surface area contributed by atoms with Gasteiger partial charge in [-0.15, -0.1) is 11.3 Å². The van der Waals surface area contributed by atoms with E-state index in [0.29, 0.717) is 24.6 Å². The fourth-order valence-electron chi connectivity index (χ4n) is 1.70. The molecule has 0 saturated carbocycles. The van der Waals surface area contributed by atoms with Crippen LogP contribution in [0.5, 0.6) is 0 Å². The highest BCUT2D eigenvalue weighted by Gasteiger charge is 2.25. The minimum absolute atomic E-state index is 0.0893. The number of rotatable bonds is 5. The number of nitrogens with zero attached hydrogens (tertiary/aromatic N) is 3. The first-order valence-corrected chi connectivity index (χ1v) is 6.78. The standard InChI is InChI=1S/C13H15N3OS/c1-3-13(2,6-7-14)9-11-15-12(16-17-11)10-5-4-8-18-10/h4-5,8H,3,6,9H2,1-2H3. The van der Waals surface area contributed by atoms with Gasteiger partial charge < -0.3 is 4.52 Å². The topological polar surface area (TPSA) is 62.7 Å². The third-order valence-corrected chi connectivity index (χ3v) is 4.01. The van der Waals surface area contributed by atoms with Crippen molar-refractivity contribution in [1.29, 1.82) is 5.26 Å². The second kappa shape index (κ2) is 5.32. The lowest BCUT2D eigenvalue weighted by atomic mass is 9.81. The summed E-state index contributed by atoms with van der Waals surface area (Å²) in [7, 11) is 0. The fourth-order valence-corrected chi connectivity index (χ4v) is 2.35. The van der Waals surface area contributed by atoms with Gasteiger partial charge in [0.2, 0.25) is 11.7 Å². The van der Waals surface area contributed by atoms with Crippen LogP contribution in [0.2, 0.25) is 0 Å². The van der Waals surface area contributed by atoms with E-state index >= 15 is 0 Å². The van der Waals surface area contributed by atoms with E-state index in [-0.39, 0.29) is 5.41 Å². The molecule has 0 N–H and O–H groups in total. The maximum atomic E-state index is 8.85. The number of thiophene rings is 1. The van der Waals surface area contributed by atoms with Crippen LogP contribution in [-0.2, 0) is 6.42 Å². The SMILES string of the molecule is CCC(C)(CC#N)Cc1nc(-c2cccs2)no1. The van der Waals surface area contributed by atoms with E-state index in [4.69, 9.17) is 9.78 Å². The smallest absolute Gasteiger partial charge is 0.227 e. The van der Waals surface area contributed by atoms with Gasteiger partial charge in [-0.2, -0.15) is 10.2 Å². The molecule has 2 aromatic rings. The van der Waals surface area contributed by atoms with Gasteiger partial charge in [0.05, 0.1) is 10.9 Å². The van der Waals surface area contributed by atoms with Crippen LogP contribution in [0.3, 0.4) is 0 Å². The van der Waals surface area contributed by atoms with Crippen molar-refractivity contribution in [3.05, 3.63) is 23.4 Å². The van der Waals surface area contributed by atoms with Crippen LogP contribution < -0.4 is 0 Å². The summed E-state index contributed by atoms with van der Waals surface area (Å²) in [5.41, 5.74) is -0.0893. The van der Waals surface area contributed by atoms with Crippen molar-refractivity contribution in [2.75, 3.05) is 0 Å². The Hall–Kier alpha value is -1.67. The van der Waals surface area contributed by atoms with Crippen LogP contribution in [0.1, 0.15) is 32.6 Å². The van der Waals surface area contributed by atoms with Gasteiger partial charge in [0, 0.05) is 12.8 Å². The van der Waals surface area contributed by atoms with Crippen LogP contribution >= 0.6 is 11.3 Å². The molecule has 0 aliphatic heterocycles. The molecule has 0 fully saturated rings. The Bertz CT molecular complexity index is 541. The summed E-state index contributed by atoms with van der Waals surface area (Å²) in [5, 5.41) is 14.8. The molecule has 0 spiro atoms. The molecule has 18 heavy (non-hydrogen) atoms. The number of hydrogen-bond acceptors (Lipinski definition) is 5. The highest BCUT2D eigenvalue weighted by atomic mass is 32.1. The van der Waals surface area contributed by atoms with E-state index in [1.165, 1.54) is 0 Å². The minimum atomic E-state index is -0.0893. The van der Waals surface area contributed by atoms with Crippen molar-refractivity contribution < 1.29 is 4.52 Å². The average Bonchev–Trinajstić information content (AvgIpc) is 2.99. The molecule has 0 saturated heterocycles. The molecule has 0 bridgehead atoms. The molecule has 0 aliphatic carbocycles. The molecule has 2 rings (SSSR count). The highest BCUT2D eigenvalue weighted by molar-refractivity contribution is 7.13. The molecular weight excluding hydrogens is 246 g/mol. The zero-order chi connectivity index (χ0) is 13.0. The lowest BCUT2D eigenvalue weighted by Crippen LogP contribution is -2.18. The third-order valence-electron chi connectivity index (χ3n) is 3.15. The minimum Gasteiger partial charge on any atom is -0.339 e. The van der Waals surface area contributed by atoms with Crippen LogP contribution in [0, 0.1) is 16.7 Å². The summed E-state index contributed by atoms with van der Waals surface area (Å²) in [6.07, 6.45) is 2.06. The first-order chi connectivity index (χ1) is 8.67. The van der Waals surface area contributed by atoms with E-state index in [2.05, 4.69) is 30.1 Å². The maximum Gasteiger partial charge on any atom is 0.227 e. The molecule has 0 aliphatic rings. The van der Waals surface area contributed by atoms with Gasteiger partial charge in [-0.05, 0) is 23.3 Å². The summed E-state index contributed by atoms with van der Waals surface area (Å²) in [6.45, 7) is 4.15. The third kappa shape index (κ3) is 2.77. The Morgan fingerprint density at radius 2 is 2.39 bits per heavy atom. The van der Waals surface area contributed by atoms with Crippen molar-refractivity contribution in [2.45, 2.75) is 33.1 Å². The summed E-state index contributed by atoms with van der Waals surface area (Å²) in [4.78, 5) is 5.39. The lowest BCUT2D eigenvalue weighted by molar-refractivity contribution is 0.266. The Labute approximate surface area is 110 Å². The van der Waals surface area contributed by atoms with E-state index in [1.807, 2.05) is 17.5 Å². The van der Waals surface area contributed by atoms with Gasteiger partial charge in [0.25, 0.3) is 0 Å². The lowest BCUT2D eigenvalue weighted by Gasteiger charge is -2.22. The monoisotopic (exact) mass is 261 g/mol. The molecule has 0 radical (unpaired) electrons. The van der Waals surface area contributed by atoms with Crippen molar-refractivity contribution in [3.63, 3.8) is 0 Å². The zero-order valence-corrected chi connectivity index (χ0v) is 11.3. The number of aromatic nitrogens is 2. The molecule has 5 heteroatoms. The maximum absolute atomic E-state index is 8.85. The van der Waals surface area contributed by atoms with E-state index in [9.17, 15) is 0 Å². The van der Waals surface area contributed by atoms with Gasteiger partial charge in [0.15, 0.2) is 0 Å². The summed E-state index contributed by atoms with van der Waals surface area (Å²) in [5.74, 6) is 1.24. The van der Waals surface area contributed by atoms with Crippen LogP contribution in [0.15, 0.2) is 22.0 Å². The van der Waals surface area contributed by atoms with Gasteiger partial charge in [-0.3, -0.25) is 0 Å². The first kappa shape index (κ1) is 12.8. The predicted octanol–water partition coefficient (Wildman–Crippen LogP) is 3.67. The van der Waals surface area contributed by atoms with E-state index < -0.39 is 0 Å². The van der Waals surface area contributed by atoms with Crippen molar-refractivity contribution in [3.8, 4) is 16.8 Å². The molecule has 1 atom stereocenters. The molecular formula is C13H15N3OS. The Balaban J connectivity index is 2.14. The molecule has 94 valence electrons. The Morgan fingerprint density at radius 1 is 1.56 bits per heavy atom. The number of nitriles is 1. The molecule has 2 heterocycles. The Morgan fingerprint density at radius 3 is 3.00 bits per heavy atom. The second-order valence-corrected chi connectivity index (χ2v) is 5.61. The molecule has 4 nitrogen and oxygen atoms in total. The van der Waals surface area contributed by atoms with Crippen LogP contribution in [0.25, 0.3) is 10.7 Å². The quantitative estimate of drug-likeness (QED) is 0.823.